The first-order chi connectivity index (χ1) is 23.5. The molecule has 1 amide bonds. The van der Waals surface area contributed by atoms with Crippen LogP contribution in [0, 0.1) is 11.7 Å². The predicted octanol–water partition coefficient (Wildman–Crippen LogP) is 7.56. The number of aromatic nitrogens is 2. The third-order valence-electron chi connectivity index (χ3n) is 7.33. The zero-order valence-electron chi connectivity index (χ0n) is 25.9. The van der Waals surface area contributed by atoms with Crippen LogP contribution < -0.4 is 24.8 Å². The van der Waals surface area contributed by atoms with Crippen LogP contribution in [0.15, 0.2) is 78.3 Å². The Labute approximate surface area is 281 Å². The first-order valence-electron chi connectivity index (χ1n) is 14.9. The minimum Gasteiger partial charge on any atom is -0.493 e. The van der Waals surface area contributed by atoms with Crippen molar-refractivity contribution in [2.45, 2.75) is 19.0 Å². The Kier molecular flexibility index (Phi) is 11.3. The molecule has 15 heteroatoms. The van der Waals surface area contributed by atoms with E-state index in [1.807, 2.05) is 36.4 Å². The molecule has 0 unspecified atom stereocenters. The van der Waals surface area contributed by atoms with Gasteiger partial charge in [0, 0.05) is 40.3 Å². The van der Waals surface area contributed by atoms with Gasteiger partial charge in [0.05, 0.1) is 19.2 Å². The molecule has 2 aromatic heterocycles. The molecule has 3 aromatic carbocycles. The smallest absolute Gasteiger partial charge is 0.490 e. The maximum atomic E-state index is 15.1. The minimum atomic E-state index is -5.08. The van der Waals surface area contributed by atoms with Gasteiger partial charge in [-0.2, -0.15) is 13.2 Å². The molecule has 1 saturated heterocycles. The summed E-state index contributed by atoms with van der Waals surface area (Å²) in [5.74, 6) is -1.76. The average Bonchev–Trinajstić information content (AvgIpc) is 3.60. The van der Waals surface area contributed by atoms with E-state index in [4.69, 9.17) is 24.1 Å². The van der Waals surface area contributed by atoms with Gasteiger partial charge in [-0.1, -0.05) is 30.3 Å². The highest BCUT2D eigenvalue weighted by molar-refractivity contribution is 7.13. The number of fused-ring (bicyclic) bond motifs is 1. The van der Waals surface area contributed by atoms with E-state index in [0.717, 1.165) is 36.5 Å². The summed E-state index contributed by atoms with van der Waals surface area (Å²) in [5, 5.41) is 16.3. The molecule has 0 bridgehead atoms. The van der Waals surface area contributed by atoms with E-state index in [0.29, 0.717) is 40.7 Å². The number of alkyl halides is 3. The molecule has 256 valence electrons. The molecular weight excluding hydrogens is 668 g/mol. The maximum absolute atomic E-state index is 15.1. The molecule has 5 aromatic rings. The number of carboxylic acids is 1. The van der Waals surface area contributed by atoms with Crippen LogP contribution in [0.1, 0.15) is 23.3 Å². The number of pyridine rings is 1. The molecule has 1 aliphatic rings. The number of halogens is 4. The summed E-state index contributed by atoms with van der Waals surface area (Å²) in [4.78, 5) is 30.5. The first-order valence-corrected chi connectivity index (χ1v) is 15.8. The zero-order chi connectivity index (χ0) is 35.0. The fraction of sp³-hybridized carbons (Fsp3) is 0.235. The topological polar surface area (TPSA) is 132 Å². The summed E-state index contributed by atoms with van der Waals surface area (Å²) in [5.41, 5.74) is 2.11. The third kappa shape index (κ3) is 9.21. The summed E-state index contributed by atoms with van der Waals surface area (Å²) in [6.07, 6.45) is -1.34. The second kappa shape index (κ2) is 15.7. The van der Waals surface area contributed by atoms with Gasteiger partial charge >= 0.3 is 12.1 Å². The van der Waals surface area contributed by atoms with Crippen molar-refractivity contribution in [2.24, 2.45) is 5.92 Å². The third-order valence-corrected chi connectivity index (χ3v) is 8.22. The lowest BCUT2D eigenvalue weighted by Gasteiger charge is -2.23. The number of nitrogens with one attached hydrogen (secondary N) is 2. The number of carbonyl (C=O) groups excluding carboxylic acids is 1. The molecular formula is C34H30F4N4O6S. The Morgan fingerprint density at radius 2 is 1.73 bits per heavy atom. The highest BCUT2D eigenvalue weighted by Gasteiger charge is 2.38. The van der Waals surface area contributed by atoms with Gasteiger partial charge in [0.15, 0.2) is 23.1 Å². The van der Waals surface area contributed by atoms with E-state index < -0.39 is 23.9 Å². The Bertz CT molecular complexity index is 1920. The number of rotatable bonds is 9. The van der Waals surface area contributed by atoms with Crippen LogP contribution in [0.4, 0.5) is 23.2 Å². The van der Waals surface area contributed by atoms with E-state index in [1.54, 1.807) is 36.9 Å². The number of hydrogen-bond acceptors (Lipinski definition) is 9. The quantitative estimate of drug-likeness (QED) is 0.134. The number of benzene rings is 3. The molecule has 3 heterocycles. The van der Waals surface area contributed by atoms with Crippen molar-refractivity contribution in [3.8, 4) is 33.6 Å². The Balaban J connectivity index is 0.000000606. The average molecular weight is 699 g/mol. The van der Waals surface area contributed by atoms with E-state index >= 15 is 4.39 Å². The number of ether oxygens (including phenoxy) is 3. The van der Waals surface area contributed by atoms with E-state index in [-0.39, 0.29) is 17.1 Å². The van der Waals surface area contributed by atoms with Crippen LogP contribution in [-0.2, 0) is 4.79 Å². The summed E-state index contributed by atoms with van der Waals surface area (Å²) < 4.78 is 64.6. The normalized spacial score (nSPS) is 13.2. The molecule has 0 spiro atoms. The van der Waals surface area contributed by atoms with Gasteiger partial charge in [0.1, 0.15) is 16.5 Å². The van der Waals surface area contributed by atoms with E-state index in [2.05, 4.69) is 20.6 Å². The molecule has 49 heavy (non-hydrogen) atoms. The van der Waals surface area contributed by atoms with Gasteiger partial charge in [-0.15, -0.1) is 11.3 Å². The number of piperidine rings is 1. The highest BCUT2D eigenvalue weighted by Crippen LogP contribution is 2.38. The van der Waals surface area contributed by atoms with Crippen molar-refractivity contribution in [3.63, 3.8) is 0 Å². The van der Waals surface area contributed by atoms with Gasteiger partial charge in [-0.25, -0.2) is 14.2 Å². The van der Waals surface area contributed by atoms with Crippen LogP contribution in [0.3, 0.4) is 0 Å². The molecule has 10 nitrogen and oxygen atoms in total. The molecule has 6 rings (SSSR count). The van der Waals surface area contributed by atoms with Crippen molar-refractivity contribution in [1.82, 2.24) is 15.3 Å². The summed E-state index contributed by atoms with van der Waals surface area (Å²) >= 11 is 1.37. The van der Waals surface area contributed by atoms with Gasteiger partial charge in [-0.3, -0.25) is 9.78 Å². The van der Waals surface area contributed by atoms with Crippen LogP contribution in [0.25, 0.3) is 21.5 Å². The largest absolute Gasteiger partial charge is 0.493 e. The molecule has 1 fully saturated rings. The van der Waals surface area contributed by atoms with E-state index in [9.17, 15) is 18.0 Å². The fourth-order valence-corrected chi connectivity index (χ4v) is 5.62. The number of nitrogens with zero attached hydrogens (tertiary/aromatic N) is 2. The number of aliphatic carboxylic acids is 1. The molecule has 3 N–H and O–H groups in total. The minimum absolute atomic E-state index is 0.00530. The maximum Gasteiger partial charge on any atom is 0.490 e. The van der Waals surface area contributed by atoms with Crippen LogP contribution in [0.5, 0.6) is 23.0 Å². The van der Waals surface area contributed by atoms with Gasteiger partial charge in [0.25, 0.3) is 5.91 Å². The monoisotopic (exact) mass is 698 g/mol. The number of carbonyl (C=O) groups is 2. The summed E-state index contributed by atoms with van der Waals surface area (Å²) in [6, 6.07) is 19.2. The predicted molar refractivity (Wildman–Crippen MR) is 175 cm³/mol. The number of carboxylic acid groups (broad SMARTS) is 1. The summed E-state index contributed by atoms with van der Waals surface area (Å²) in [7, 11) is 1.58. The lowest BCUT2D eigenvalue weighted by atomic mass is 9.99. The lowest BCUT2D eigenvalue weighted by molar-refractivity contribution is -0.192. The Morgan fingerprint density at radius 1 is 1.00 bits per heavy atom. The van der Waals surface area contributed by atoms with Gasteiger partial charge in [-0.05, 0) is 56.1 Å². The molecule has 0 aliphatic carbocycles. The Hall–Kier alpha value is -5.28. The van der Waals surface area contributed by atoms with Crippen LogP contribution in [0.2, 0.25) is 0 Å². The molecule has 1 aliphatic heterocycles. The van der Waals surface area contributed by atoms with Crippen LogP contribution in [-0.4, -0.2) is 59.9 Å². The van der Waals surface area contributed by atoms with Crippen molar-refractivity contribution in [2.75, 3.05) is 32.1 Å². The highest BCUT2D eigenvalue weighted by atomic mass is 32.1. The molecule has 0 atom stereocenters. The second-order valence-corrected chi connectivity index (χ2v) is 11.6. The van der Waals surface area contributed by atoms with Crippen molar-refractivity contribution >= 4 is 39.8 Å². The standard InChI is InChI=1S/C32H29FN4O4S.C2HF3O2/c1-39-29-16-23-25(17-30(29)40-18-20-9-12-34-13-10-20)35-14-11-27(23)41-28-8-7-22(15-24(28)33)36-31(38)26-19-42-32(37-26)21-5-3-2-4-6-21;3-2(4,5)1(6)7/h2-8,11,14-17,19-20,34H,9-10,12-13,18H2,1H3,(H,36,38);(H,6,7). The number of methoxy groups -OCH3 is 1. The second-order valence-electron chi connectivity index (χ2n) is 10.7. The van der Waals surface area contributed by atoms with Gasteiger partial charge in [0.2, 0.25) is 0 Å². The SMILES string of the molecule is COc1cc2c(Oc3ccc(NC(=O)c4csc(-c5ccccc5)n4)cc3F)ccnc2cc1OCC1CCNCC1.O=C(O)C(F)(F)F. The Morgan fingerprint density at radius 3 is 2.41 bits per heavy atom. The number of hydrogen-bond donors (Lipinski definition) is 3. The number of thiazole rings is 1. The van der Waals surface area contributed by atoms with Crippen LogP contribution >= 0.6 is 11.3 Å². The van der Waals surface area contributed by atoms with E-state index in [1.165, 1.54) is 23.5 Å². The molecule has 0 radical (unpaired) electrons. The van der Waals surface area contributed by atoms with Crippen molar-refractivity contribution < 1.29 is 46.5 Å². The number of amides is 1. The zero-order valence-corrected chi connectivity index (χ0v) is 26.7. The van der Waals surface area contributed by atoms with Crippen molar-refractivity contribution in [3.05, 3.63) is 89.8 Å². The van der Waals surface area contributed by atoms with Crippen molar-refractivity contribution in [1.29, 1.82) is 0 Å². The lowest BCUT2D eigenvalue weighted by Crippen LogP contribution is -2.30. The first kappa shape index (κ1) is 35.0. The fourth-order valence-electron chi connectivity index (χ4n) is 4.81. The number of anilines is 1. The molecule has 0 saturated carbocycles. The summed E-state index contributed by atoms with van der Waals surface area (Å²) in [6.45, 7) is 2.59. The van der Waals surface area contributed by atoms with Gasteiger partial charge < -0.3 is 30.0 Å².